The number of methoxy groups -OCH3 is 1. The lowest BCUT2D eigenvalue weighted by atomic mass is 10.4. The Morgan fingerprint density at radius 1 is 1.78 bits per heavy atom. The molecule has 0 aliphatic heterocycles. The molecule has 0 aliphatic carbocycles. The Labute approximate surface area is 53.9 Å². The summed E-state index contributed by atoms with van der Waals surface area (Å²) in [5.74, 6) is -0.386. The van der Waals surface area contributed by atoms with Crippen molar-refractivity contribution in [2.45, 2.75) is 6.42 Å². The maximum atomic E-state index is 10.3. The molecule has 0 saturated heterocycles. The van der Waals surface area contributed by atoms with Crippen molar-refractivity contribution in [3.63, 3.8) is 0 Å². The Kier molecular flexibility index (Phi) is 4.82. The van der Waals surface area contributed by atoms with E-state index in [1.165, 1.54) is 13.2 Å². The highest BCUT2D eigenvalue weighted by Crippen LogP contribution is 1.81. The van der Waals surface area contributed by atoms with Gasteiger partial charge in [-0.05, 0) is 6.42 Å². The zero-order valence-corrected chi connectivity index (χ0v) is 5.33. The Morgan fingerprint density at radius 3 is 2.89 bits per heavy atom. The number of hydrogen-bond donors (Lipinski definition) is 1. The molecule has 0 aliphatic rings. The van der Waals surface area contributed by atoms with Crippen LogP contribution in [0.15, 0.2) is 12.2 Å². The molecular formula is C6H10O3. The summed E-state index contributed by atoms with van der Waals surface area (Å²) in [4.78, 5) is 10.3. The lowest BCUT2D eigenvalue weighted by Gasteiger charge is -1.87. The van der Waals surface area contributed by atoms with Crippen LogP contribution < -0.4 is 0 Å². The topological polar surface area (TPSA) is 46.5 Å². The van der Waals surface area contributed by atoms with Crippen LogP contribution >= 0.6 is 0 Å². The van der Waals surface area contributed by atoms with E-state index >= 15 is 0 Å². The lowest BCUT2D eigenvalue weighted by Crippen LogP contribution is -1.93. The molecule has 0 aromatic heterocycles. The van der Waals surface area contributed by atoms with Crippen LogP contribution in [0.25, 0.3) is 0 Å². The van der Waals surface area contributed by atoms with E-state index in [1.54, 1.807) is 6.08 Å². The average Bonchev–Trinajstić information content (AvgIpc) is 1.89. The highest BCUT2D eigenvalue weighted by atomic mass is 16.5. The predicted molar refractivity (Wildman–Crippen MR) is 32.9 cm³/mol. The number of esters is 1. The molecule has 0 unspecified atom stereocenters. The van der Waals surface area contributed by atoms with Gasteiger partial charge >= 0.3 is 5.97 Å². The molecule has 0 bridgehead atoms. The highest BCUT2D eigenvalue weighted by molar-refractivity contribution is 5.81. The zero-order chi connectivity index (χ0) is 7.11. The number of aliphatic hydroxyl groups is 1. The van der Waals surface area contributed by atoms with E-state index in [1.807, 2.05) is 0 Å². The van der Waals surface area contributed by atoms with Gasteiger partial charge in [-0.2, -0.15) is 0 Å². The van der Waals surface area contributed by atoms with Crippen molar-refractivity contribution in [1.82, 2.24) is 0 Å². The maximum Gasteiger partial charge on any atom is 0.330 e. The van der Waals surface area contributed by atoms with Gasteiger partial charge in [0.2, 0.25) is 0 Å². The third-order valence-corrected chi connectivity index (χ3v) is 0.751. The second kappa shape index (κ2) is 5.31. The molecule has 0 heterocycles. The first-order valence-electron chi connectivity index (χ1n) is 2.66. The summed E-state index contributed by atoms with van der Waals surface area (Å²) < 4.78 is 4.29. The van der Waals surface area contributed by atoms with Gasteiger partial charge in [-0.25, -0.2) is 4.79 Å². The van der Waals surface area contributed by atoms with E-state index in [-0.39, 0.29) is 12.6 Å². The average molecular weight is 130 g/mol. The molecule has 0 amide bonds. The molecule has 52 valence electrons. The molecule has 3 heteroatoms. The molecule has 3 nitrogen and oxygen atoms in total. The van der Waals surface area contributed by atoms with Gasteiger partial charge in [0, 0.05) is 12.7 Å². The second-order valence-corrected chi connectivity index (χ2v) is 1.44. The fourth-order valence-electron chi connectivity index (χ4n) is 0.322. The summed E-state index contributed by atoms with van der Waals surface area (Å²) in [6.45, 7) is 0.0630. The molecule has 0 atom stereocenters. The van der Waals surface area contributed by atoms with Crippen LogP contribution in [0.5, 0.6) is 0 Å². The maximum absolute atomic E-state index is 10.3. The van der Waals surface area contributed by atoms with Crippen molar-refractivity contribution in [3.05, 3.63) is 12.2 Å². The van der Waals surface area contributed by atoms with Crippen LogP contribution in [0.3, 0.4) is 0 Å². The van der Waals surface area contributed by atoms with Crippen LogP contribution in [0, 0.1) is 0 Å². The van der Waals surface area contributed by atoms with Crippen molar-refractivity contribution < 1.29 is 14.6 Å². The number of carbonyl (C=O) groups is 1. The molecule has 0 spiro atoms. The van der Waals surface area contributed by atoms with Crippen LogP contribution in [0.1, 0.15) is 6.42 Å². The molecule has 0 aromatic rings. The first-order chi connectivity index (χ1) is 4.31. The van der Waals surface area contributed by atoms with Gasteiger partial charge in [-0.15, -0.1) is 0 Å². The summed E-state index contributed by atoms with van der Waals surface area (Å²) in [6.07, 6.45) is 3.34. The van der Waals surface area contributed by atoms with E-state index in [4.69, 9.17) is 5.11 Å². The van der Waals surface area contributed by atoms with Crippen molar-refractivity contribution in [2.75, 3.05) is 13.7 Å². The lowest BCUT2D eigenvalue weighted by molar-refractivity contribution is -0.134. The van der Waals surface area contributed by atoms with Crippen LogP contribution in [-0.2, 0) is 9.53 Å². The quantitative estimate of drug-likeness (QED) is 0.435. The summed E-state index contributed by atoms with van der Waals surface area (Å²) >= 11 is 0. The summed E-state index contributed by atoms with van der Waals surface area (Å²) in [5.41, 5.74) is 0. The van der Waals surface area contributed by atoms with E-state index in [9.17, 15) is 4.79 Å². The van der Waals surface area contributed by atoms with Gasteiger partial charge in [0.15, 0.2) is 0 Å². The van der Waals surface area contributed by atoms with Gasteiger partial charge in [0.25, 0.3) is 0 Å². The molecular weight excluding hydrogens is 120 g/mol. The first kappa shape index (κ1) is 8.17. The number of carbonyl (C=O) groups excluding carboxylic acids is 1. The molecule has 0 saturated carbocycles. The van der Waals surface area contributed by atoms with Crippen LogP contribution in [0.4, 0.5) is 0 Å². The standard InChI is InChI=1S/C6H10O3/c1-9-6(8)4-2-3-5-7/h2,4,7H,3,5H2,1H3/b4-2+. The molecule has 0 rings (SSSR count). The molecule has 0 aromatic carbocycles. The Balaban J connectivity index is 3.32. The third kappa shape index (κ3) is 5.03. The predicted octanol–water partition coefficient (Wildman–Crippen LogP) is 0.0980. The van der Waals surface area contributed by atoms with E-state index < -0.39 is 0 Å². The number of rotatable bonds is 3. The summed E-state index contributed by atoms with van der Waals surface area (Å²) in [7, 11) is 1.31. The number of aliphatic hydroxyl groups excluding tert-OH is 1. The summed E-state index contributed by atoms with van der Waals surface area (Å²) in [6, 6.07) is 0. The molecule has 1 N–H and O–H groups in total. The van der Waals surface area contributed by atoms with E-state index in [0.29, 0.717) is 6.42 Å². The Hall–Kier alpha value is -0.830. The normalized spacial score (nSPS) is 10.0. The monoisotopic (exact) mass is 130 g/mol. The van der Waals surface area contributed by atoms with Crippen molar-refractivity contribution in [1.29, 1.82) is 0 Å². The minimum Gasteiger partial charge on any atom is -0.466 e. The van der Waals surface area contributed by atoms with Gasteiger partial charge in [-0.1, -0.05) is 6.08 Å². The zero-order valence-electron chi connectivity index (χ0n) is 5.33. The minimum absolute atomic E-state index is 0.0630. The number of ether oxygens (including phenoxy) is 1. The smallest absolute Gasteiger partial charge is 0.330 e. The van der Waals surface area contributed by atoms with Gasteiger partial charge in [0.05, 0.1) is 7.11 Å². The fourth-order valence-corrected chi connectivity index (χ4v) is 0.322. The van der Waals surface area contributed by atoms with Crippen molar-refractivity contribution in [2.24, 2.45) is 0 Å². The van der Waals surface area contributed by atoms with Gasteiger partial charge in [-0.3, -0.25) is 0 Å². The van der Waals surface area contributed by atoms with Crippen LogP contribution in [-0.4, -0.2) is 24.8 Å². The summed E-state index contributed by atoms with van der Waals surface area (Å²) in [5, 5.41) is 8.25. The van der Waals surface area contributed by atoms with Crippen LogP contribution in [0.2, 0.25) is 0 Å². The second-order valence-electron chi connectivity index (χ2n) is 1.44. The van der Waals surface area contributed by atoms with E-state index in [2.05, 4.69) is 4.74 Å². The highest BCUT2D eigenvalue weighted by Gasteiger charge is 1.87. The Morgan fingerprint density at radius 2 is 2.44 bits per heavy atom. The fraction of sp³-hybridized carbons (Fsp3) is 0.500. The minimum atomic E-state index is -0.386. The molecule has 0 fully saturated rings. The van der Waals surface area contributed by atoms with Gasteiger partial charge < -0.3 is 9.84 Å². The molecule has 9 heavy (non-hydrogen) atoms. The van der Waals surface area contributed by atoms with Crippen molar-refractivity contribution >= 4 is 5.97 Å². The first-order valence-corrected chi connectivity index (χ1v) is 2.66. The molecule has 0 radical (unpaired) electrons. The van der Waals surface area contributed by atoms with Gasteiger partial charge in [0.1, 0.15) is 0 Å². The number of hydrogen-bond acceptors (Lipinski definition) is 3. The van der Waals surface area contributed by atoms with E-state index in [0.717, 1.165) is 0 Å². The third-order valence-electron chi connectivity index (χ3n) is 0.751. The SMILES string of the molecule is COC(=O)/C=C/CCO. The Bertz CT molecular complexity index is 107. The van der Waals surface area contributed by atoms with Crippen molar-refractivity contribution in [3.8, 4) is 0 Å². The largest absolute Gasteiger partial charge is 0.466 e.